The minimum atomic E-state index is -5.28. The van der Waals surface area contributed by atoms with Crippen LogP contribution in [0.15, 0.2) is 65.6 Å². The van der Waals surface area contributed by atoms with Crippen molar-refractivity contribution in [1.29, 1.82) is 0 Å². The third-order valence-corrected chi connectivity index (χ3v) is 8.26. The Hall–Kier alpha value is -6.48. The number of amides is 5. The number of alkyl halides is 3. The van der Waals surface area contributed by atoms with E-state index in [4.69, 9.17) is 14.2 Å². The van der Waals surface area contributed by atoms with Crippen LogP contribution in [0.5, 0.6) is 0 Å². The van der Waals surface area contributed by atoms with Crippen LogP contribution in [0.25, 0.3) is 11.2 Å². The van der Waals surface area contributed by atoms with Gasteiger partial charge in [-0.3, -0.25) is 39.2 Å². The summed E-state index contributed by atoms with van der Waals surface area (Å²) in [4.78, 5) is 88.8. The molecule has 0 fully saturated rings. The van der Waals surface area contributed by atoms with E-state index in [-0.39, 0.29) is 92.3 Å². The molecule has 0 saturated heterocycles. The number of carbonyl (C=O) groups is 5. The van der Waals surface area contributed by atoms with Crippen molar-refractivity contribution in [3.8, 4) is 0 Å². The molecule has 0 aliphatic rings. The molecule has 2 aromatic heterocycles. The number of benzene rings is 2. The third-order valence-electron chi connectivity index (χ3n) is 8.26. The number of carbonyl (C=O) groups excluding carboxylic acids is 5. The van der Waals surface area contributed by atoms with Crippen LogP contribution in [0.3, 0.4) is 0 Å². The lowest BCUT2D eigenvalue weighted by Gasteiger charge is -2.26. The maximum Gasteiger partial charge on any atom is 0.471 e. The van der Waals surface area contributed by atoms with Crippen molar-refractivity contribution in [3.05, 3.63) is 88.0 Å². The predicted molar refractivity (Wildman–Crippen MR) is 210 cm³/mol. The van der Waals surface area contributed by atoms with E-state index in [0.29, 0.717) is 4.90 Å². The fraction of sp³-hybridized carbons (Fsp3) is 0.410. The minimum Gasteiger partial charge on any atom is -0.445 e. The number of ether oxygens (including phenoxy) is 3. The molecule has 0 saturated carbocycles. The Morgan fingerprint density at radius 2 is 1.53 bits per heavy atom. The number of hydrogen-bond donors (Lipinski definition) is 5. The molecule has 0 aliphatic carbocycles. The smallest absolute Gasteiger partial charge is 0.445 e. The van der Waals surface area contributed by atoms with E-state index in [1.807, 2.05) is 30.3 Å². The Morgan fingerprint density at radius 3 is 2.18 bits per heavy atom. The third kappa shape index (κ3) is 14.7. The van der Waals surface area contributed by atoms with E-state index in [0.717, 1.165) is 23.9 Å². The largest absolute Gasteiger partial charge is 0.471 e. The number of aromatic amines is 1. The molecule has 0 radical (unpaired) electrons. The summed E-state index contributed by atoms with van der Waals surface area (Å²) in [5.41, 5.74) is -0.808. The van der Waals surface area contributed by atoms with Gasteiger partial charge in [0.25, 0.3) is 11.5 Å². The molecule has 5 N–H and O–H groups in total. The Kier molecular flexibility index (Phi) is 16.6. The second-order valence-electron chi connectivity index (χ2n) is 13.8. The maximum absolute atomic E-state index is 13.7. The summed E-state index contributed by atoms with van der Waals surface area (Å²) in [6, 6.07) is 14.0. The SMILES string of the molecule is CC(C)C(=O)Nc1nc2ncc(CN(C(=O)C(F)(F)F)c3ccc(C(=O)NCCCC(=O)NCCOC(C)(C)OCCNC(=O)OCc4ccccc4)cc3)nc2c(=O)[nH]1. The topological polar surface area (TPSA) is 236 Å². The highest BCUT2D eigenvalue weighted by atomic mass is 19.4. The molecular formula is C39H46F3N9O9. The van der Waals surface area contributed by atoms with Crippen molar-refractivity contribution in [1.82, 2.24) is 35.9 Å². The van der Waals surface area contributed by atoms with Gasteiger partial charge in [-0.05, 0) is 50.1 Å². The number of halogens is 3. The Bertz CT molecular complexity index is 2170. The number of aromatic nitrogens is 4. The average Bonchev–Trinajstić information content (AvgIpc) is 3.21. The van der Waals surface area contributed by atoms with Crippen LogP contribution in [0.2, 0.25) is 0 Å². The lowest BCUT2D eigenvalue weighted by molar-refractivity contribution is -0.211. The first-order chi connectivity index (χ1) is 28.4. The zero-order chi connectivity index (χ0) is 43.9. The first-order valence-electron chi connectivity index (χ1n) is 18.7. The van der Waals surface area contributed by atoms with Crippen molar-refractivity contribution < 1.29 is 51.4 Å². The van der Waals surface area contributed by atoms with Crippen LogP contribution < -0.4 is 31.7 Å². The monoisotopic (exact) mass is 841 g/mol. The predicted octanol–water partition coefficient (Wildman–Crippen LogP) is 3.73. The molecule has 18 nitrogen and oxygen atoms in total. The maximum atomic E-state index is 13.7. The van der Waals surface area contributed by atoms with Crippen LogP contribution in [-0.4, -0.2) is 94.5 Å². The molecule has 4 aromatic rings. The molecule has 0 atom stereocenters. The van der Waals surface area contributed by atoms with Crippen molar-refractivity contribution in [2.24, 2.45) is 5.92 Å². The second-order valence-corrected chi connectivity index (χ2v) is 13.8. The van der Waals surface area contributed by atoms with E-state index in [1.54, 1.807) is 27.7 Å². The van der Waals surface area contributed by atoms with Crippen molar-refractivity contribution in [2.75, 3.05) is 43.1 Å². The Morgan fingerprint density at radius 1 is 0.867 bits per heavy atom. The first kappa shape index (κ1) is 46.2. The molecule has 0 spiro atoms. The fourth-order valence-corrected chi connectivity index (χ4v) is 5.13. The molecule has 0 aliphatic heterocycles. The van der Waals surface area contributed by atoms with Crippen molar-refractivity contribution in [3.63, 3.8) is 0 Å². The number of nitrogens with zero attached hydrogens (tertiary/aromatic N) is 4. The van der Waals surface area contributed by atoms with Gasteiger partial charge in [0.2, 0.25) is 17.8 Å². The minimum absolute atomic E-state index is 0.0758. The quantitative estimate of drug-likeness (QED) is 0.0633. The molecule has 4 rings (SSSR count). The summed E-state index contributed by atoms with van der Waals surface area (Å²) in [5, 5.41) is 10.3. The van der Waals surface area contributed by atoms with Gasteiger partial charge in [-0.15, -0.1) is 0 Å². The van der Waals surface area contributed by atoms with Crippen molar-refractivity contribution >= 4 is 52.5 Å². The zero-order valence-electron chi connectivity index (χ0n) is 33.3. The van der Waals surface area contributed by atoms with Crippen molar-refractivity contribution in [2.45, 2.75) is 65.7 Å². The second kappa shape index (κ2) is 21.5. The lowest BCUT2D eigenvalue weighted by Crippen LogP contribution is -2.41. The van der Waals surface area contributed by atoms with E-state index in [9.17, 15) is 41.9 Å². The van der Waals surface area contributed by atoms with Gasteiger partial charge in [0.15, 0.2) is 17.0 Å². The normalized spacial score (nSPS) is 11.5. The molecule has 322 valence electrons. The van der Waals surface area contributed by atoms with Gasteiger partial charge < -0.3 is 30.2 Å². The summed E-state index contributed by atoms with van der Waals surface area (Å²) < 4.78 is 57.5. The summed E-state index contributed by atoms with van der Waals surface area (Å²) in [7, 11) is 0. The molecule has 0 bridgehead atoms. The van der Waals surface area contributed by atoms with E-state index >= 15 is 0 Å². The number of fused-ring (bicyclic) bond motifs is 1. The van der Waals surface area contributed by atoms with Gasteiger partial charge >= 0.3 is 18.2 Å². The number of alkyl carbamates (subject to hydrolysis) is 1. The van der Waals surface area contributed by atoms with Gasteiger partial charge in [0, 0.05) is 43.2 Å². The number of H-pyrrole nitrogens is 1. The van der Waals surface area contributed by atoms with E-state index in [2.05, 4.69) is 41.2 Å². The average molecular weight is 842 g/mol. The van der Waals surface area contributed by atoms with Gasteiger partial charge in [-0.2, -0.15) is 18.2 Å². The van der Waals surface area contributed by atoms with Crippen LogP contribution in [-0.2, 0) is 41.7 Å². The summed E-state index contributed by atoms with van der Waals surface area (Å²) in [6.45, 7) is 6.81. The Labute approximate surface area is 342 Å². The number of nitrogens with one attached hydrogen (secondary N) is 5. The van der Waals surface area contributed by atoms with Crippen LogP contribution in [0.1, 0.15) is 62.2 Å². The molecule has 2 aromatic carbocycles. The van der Waals surface area contributed by atoms with Gasteiger partial charge in [0.05, 0.1) is 31.6 Å². The Balaban J connectivity index is 1.18. The standard InChI is InChI=1S/C39H46F3N9O9/c1-24(2)32(53)49-36-48-31-30(34(55)50-36)47-27(21-46-31)22-51(35(56)39(40,41)42)28-14-12-26(13-15-28)33(54)44-16-8-11-29(52)43-17-19-59-38(3,4)60-20-18-45-37(57)58-23-25-9-6-5-7-10-25/h5-7,9-10,12-15,21,24H,8,11,16-20,22-23H2,1-4H3,(H,43,52)(H,44,54)(H,45,57)(H2,46,48,49,50,53,55). The van der Waals surface area contributed by atoms with Gasteiger partial charge in [-0.25, -0.2) is 14.8 Å². The van der Waals surface area contributed by atoms with Crippen LogP contribution >= 0.6 is 0 Å². The lowest BCUT2D eigenvalue weighted by atomic mass is 10.1. The molecule has 21 heteroatoms. The molecule has 5 amide bonds. The molecule has 0 unspecified atom stereocenters. The molecular weight excluding hydrogens is 795 g/mol. The molecule has 60 heavy (non-hydrogen) atoms. The fourth-order valence-electron chi connectivity index (χ4n) is 5.13. The summed E-state index contributed by atoms with van der Waals surface area (Å²) in [6.07, 6.45) is -4.46. The zero-order valence-corrected chi connectivity index (χ0v) is 33.3. The highest BCUT2D eigenvalue weighted by molar-refractivity contribution is 5.99. The molecule has 2 heterocycles. The summed E-state index contributed by atoms with van der Waals surface area (Å²) in [5.74, 6) is -5.12. The highest BCUT2D eigenvalue weighted by Gasteiger charge is 2.43. The van der Waals surface area contributed by atoms with Crippen LogP contribution in [0.4, 0.5) is 29.6 Å². The number of rotatable bonds is 20. The number of hydrogen-bond acceptors (Lipinski definition) is 12. The van der Waals surface area contributed by atoms with E-state index < -0.39 is 53.8 Å². The first-order valence-corrected chi connectivity index (χ1v) is 18.7. The van der Waals surface area contributed by atoms with Gasteiger partial charge in [0.1, 0.15) is 6.61 Å². The number of anilines is 2. The van der Waals surface area contributed by atoms with Crippen LogP contribution in [0, 0.1) is 5.92 Å². The van der Waals surface area contributed by atoms with Gasteiger partial charge in [-0.1, -0.05) is 44.2 Å². The highest BCUT2D eigenvalue weighted by Crippen LogP contribution is 2.26. The van der Waals surface area contributed by atoms with E-state index in [1.165, 1.54) is 12.1 Å². The summed E-state index contributed by atoms with van der Waals surface area (Å²) >= 11 is 0.